The number of guanidine groups is 1. The van der Waals surface area contributed by atoms with E-state index in [4.69, 9.17) is 27.9 Å². The fraction of sp³-hybridized carbons (Fsp3) is 0.364. The molecule has 0 aromatic heterocycles. The van der Waals surface area contributed by atoms with Gasteiger partial charge in [0.1, 0.15) is 5.69 Å². The van der Waals surface area contributed by atoms with Crippen molar-refractivity contribution >= 4 is 34.8 Å². The molecule has 0 spiro atoms. The first-order chi connectivity index (χ1) is 8.13. The molecule has 0 saturated heterocycles. The topological polar surface area (TPSA) is 45.6 Å². The van der Waals surface area contributed by atoms with Crippen LogP contribution in [0.1, 0.15) is 5.56 Å². The SMILES string of the molecule is COc1c(Cl)cc(C)c(Cl)c1NC1=NCCN1. The van der Waals surface area contributed by atoms with Gasteiger partial charge >= 0.3 is 0 Å². The van der Waals surface area contributed by atoms with Gasteiger partial charge in [-0.15, -0.1) is 0 Å². The van der Waals surface area contributed by atoms with Crippen LogP contribution in [0.2, 0.25) is 10.0 Å². The highest BCUT2D eigenvalue weighted by Gasteiger charge is 2.17. The Bertz CT molecular complexity index is 474. The number of nitrogens with one attached hydrogen (secondary N) is 2. The average Bonchev–Trinajstić information content (AvgIpc) is 2.78. The largest absolute Gasteiger partial charge is 0.493 e. The Hall–Kier alpha value is -1.13. The van der Waals surface area contributed by atoms with Gasteiger partial charge in [0.15, 0.2) is 11.7 Å². The molecule has 0 aliphatic carbocycles. The number of hydrogen-bond donors (Lipinski definition) is 2. The minimum atomic E-state index is 0.524. The van der Waals surface area contributed by atoms with E-state index in [1.807, 2.05) is 6.92 Å². The molecule has 0 unspecified atom stereocenters. The van der Waals surface area contributed by atoms with Gasteiger partial charge < -0.3 is 15.4 Å². The van der Waals surface area contributed by atoms with Crippen LogP contribution in [0.5, 0.6) is 5.75 Å². The third kappa shape index (κ3) is 2.42. The highest BCUT2D eigenvalue weighted by molar-refractivity contribution is 6.38. The molecule has 0 saturated carbocycles. The molecule has 0 bridgehead atoms. The van der Waals surface area contributed by atoms with Crippen molar-refractivity contribution in [1.82, 2.24) is 5.32 Å². The monoisotopic (exact) mass is 273 g/mol. The molecular weight excluding hydrogens is 261 g/mol. The van der Waals surface area contributed by atoms with E-state index >= 15 is 0 Å². The lowest BCUT2D eigenvalue weighted by molar-refractivity contribution is 0.417. The van der Waals surface area contributed by atoms with Crippen molar-refractivity contribution in [1.29, 1.82) is 0 Å². The van der Waals surface area contributed by atoms with Gasteiger partial charge in [0, 0.05) is 6.54 Å². The summed E-state index contributed by atoms with van der Waals surface area (Å²) in [6.45, 7) is 3.46. The summed E-state index contributed by atoms with van der Waals surface area (Å²) in [4.78, 5) is 4.24. The minimum absolute atomic E-state index is 0.524. The molecule has 0 fully saturated rings. The molecule has 0 amide bonds. The molecular formula is C11H13Cl2N3O. The van der Waals surface area contributed by atoms with Crippen LogP contribution in [0.4, 0.5) is 5.69 Å². The maximum Gasteiger partial charge on any atom is 0.196 e. The molecule has 0 radical (unpaired) electrons. The number of anilines is 1. The first-order valence-electron chi connectivity index (χ1n) is 5.21. The standard InChI is InChI=1S/C11H13Cl2N3O/c1-6-5-7(12)10(17-2)9(8(6)13)16-11-14-3-4-15-11/h5H,3-4H2,1-2H3,(H2,14,15,16). The normalized spacial score (nSPS) is 14.2. The van der Waals surface area contributed by atoms with E-state index in [-0.39, 0.29) is 0 Å². The van der Waals surface area contributed by atoms with Gasteiger partial charge in [-0.05, 0) is 18.6 Å². The van der Waals surface area contributed by atoms with Crippen LogP contribution in [0.15, 0.2) is 11.1 Å². The van der Waals surface area contributed by atoms with Crippen molar-refractivity contribution in [2.24, 2.45) is 4.99 Å². The molecule has 92 valence electrons. The van der Waals surface area contributed by atoms with Crippen LogP contribution in [0, 0.1) is 6.92 Å². The second-order valence-corrected chi connectivity index (χ2v) is 4.46. The summed E-state index contributed by atoms with van der Waals surface area (Å²) in [5, 5.41) is 7.32. The number of benzene rings is 1. The fourth-order valence-electron chi connectivity index (χ4n) is 1.65. The zero-order valence-electron chi connectivity index (χ0n) is 9.60. The third-order valence-corrected chi connectivity index (χ3v) is 3.24. The molecule has 6 heteroatoms. The second kappa shape index (κ2) is 5.02. The van der Waals surface area contributed by atoms with Crippen molar-refractivity contribution < 1.29 is 4.74 Å². The highest BCUT2D eigenvalue weighted by atomic mass is 35.5. The van der Waals surface area contributed by atoms with Gasteiger partial charge in [0.05, 0.1) is 23.7 Å². The molecule has 1 aromatic rings. The molecule has 17 heavy (non-hydrogen) atoms. The van der Waals surface area contributed by atoms with Crippen LogP contribution in [-0.2, 0) is 0 Å². The average molecular weight is 274 g/mol. The van der Waals surface area contributed by atoms with E-state index in [0.29, 0.717) is 27.4 Å². The van der Waals surface area contributed by atoms with Crippen molar-refractivity contribution in [3.05, 3.63) is 21.7 Å². The number of ether oxygens (including phenoxy) is 1. The zero-order valence-corrected chi connectivity index (χ0v) is 11.1. The highest BCUT2D eigenvalue weighted by Crippen LogP contribution is 2.40. The molecule has 0 atom stereocenters. The Labute approximate surface area is 110 Å². The lowest BCUT2D eigenvalue weighted by Gasteiger charge is -2.15. The maximum atomic E-state index is 6.24. The van der Waals surface area contributed by atoms with E-state index in [2.05, 4.69) is 15.6 Å². The van der Waals surface area contributed by atoms with Gasteiger partial charge in [-0.1, -0.05) is 23.2 Å². The predicted octanol–water partition coefficient (Wildman–Crippen LogP) is 2.68. The Kier molecular flexibility index (Phi) is 3.64. The van der Waals surface area contributed by atoms with Crippen molar-refractivity contribution in [2.75, 3.05) is 25.5 Å². The lowest BCUT2D eigenvalue weighted by Crippen LogP contribution is -2.26. The first-order valence-corrected chi connectivity index (χ1v) is 5.97. The number of hydrogen-bond acceptors (Lipinski definition) is 4. The molecule has 1 aliphatic heterocycles. The van der Waals surface area contributed by atoms with E-state index in [1.165, 1.54) is 0 Å². The van der Waals surface area contributed by atoms with Crippen molar-refractivity contribution in [3.63, 3.8) is 0 Å². The van der Waals surface area contributed by atoms with Crippen LogP contribution in [-0.4, -0.2) is 26.2 Å². The number of nitrogens with zero attached hydrogens (tertiary/aromatic N) is 1. The fourth-order valence-corrected chi connectivity index (χ4v) is 2.17. The van der Waals surface area contributed by atoms with Crippen LogP contribution in [0.3, 0.4) is 0 Å². The quantitative estimate of drug-likeness (QED) is 0.871. The van der Waals surface area contributed by atoms with Gasteiger partial charge in [0.25, 0.3) is 0 Å². The second-order valence-electron chi connectivity index (χ2n) is 3.68. The van der Waals surface area contributed by atoms with Crippen molar-refractivity contribution in [3.8, 4) is 5.75 Å². The van der Waals surface area contributed by atoms with Crippen molar-refractivity contribution in [2.45, 2.75) is 6.92 Å². The molecule has 1 heterocycles. The smallest absolute Gasteiger partial charge is 0.196 e. The van der Waals surface area contributed by atoms with Crippen LogP contribution >= 0.6 is 23.2 Å². The summed E-state index contributed by atoms with van der Waals surface area (Å²) in [5.74, 6) is 1.21. The minimum Gasteiger partial charge on any atom is -0.493 e. The lowest BCUT2D eigenvalue weighted by atomic mass is 10.2. The van der Waals surface area contributed by atoms with E-state index in [1.54, 1.807) is 13.2 Å². The van der Waals surface area contributed by atoms with Gasteiger partial charge in [0.2, 0.25) is 0 Å². The summed E-state index contributed by atoms with van der Waals surface area (Å²) in [5.41, 5.74) is 1.53. The summed E-state index contributed by atoms with van der Waals surface area (Å²) in [7, 11) is 1.56. The number of aryl methyl sites for hydroxylation is 1. The Balaban J connectivity index is 2.42. The van der Waals surface area contributed by atoms with E-state index in [0.717, 1.165) is 18.7 Å². The molecule has 2 rings (SSSR count). The number of halogens is 2. The van der Waals surface area contributed by atoms with E-state index in [9.17, 15) is 0 Å². The van der Waals surface area contributed by atoms with Gasteiger partial charge in [-0.2, -0.15) is 0 Å². The maximum absolute atomic E-state index is 6.24. The Morgan fingerprint density at radius 2 is 2.24 bits per heavy atom. The molecule has 4 nitrogen and oxygen atoms in total. The number of aliphatic imine (C=N–C) groups is 1. The molecule has 1 aromatic carbocycles. The Morgan fingerprint density at radius 3 is 2.82 bits per heavy atom. The Morgan fingerprint density at radius 1 is 1.47 bits per heavy atom. The summed E-state index contributed by atoms with van der Waals surface area (Å²) in [6, 6.07) is 1.78. The number of rotatable bonds is 2. The molecule has 1 aliphatic rings. The van der Waals surface area contributed by atoms with Crippen LogP contribution in [0.25, 0.3) is 0 Å². The number of methoxy groups -OCH3 is 1. The van der Waals surface area contributed by atoms with Crippen LogP contribution < -0.4 is 15.4 Å². The third-order valence-electron chi connectivity index (χ3n) is 2.47. The summed E-state index contributed by atoms with van der Waals surface area (Å²) in [6.07, 6.45) is 0. The first kappa shape index (κ1) is 12.3. The van der Waals surface area contributed by atoms with Gasteiger partial charge in [-0.3, -0.25) is 4.99 Å². The van der Waals surface area contributed by atoms with E-state index < -0.39 is 0 Å². The molecule has 2 N–H and O–H groups in total. The predicted molar refractivity (Wildman–Crippen MR) is 71.7 cm³/mol. The summed E-state index contributed by atoms with van der Waals surface area (Å²) >= 11 is 12.4. The van der Waals surface area contributed by atoms with Gasteiger partial charge in [-0.25, -0.2) is 0 Å². The summed E-state index contributed by atoms with van der Waals surface area (Å²) < 4.78 is 5.26. The zero-order chi connectivity index (χ0) is 12.4.